The van der Waals surface area contributed by atoms with E-state index in [2.05, 4.69) is 4.98 Å². The van der Waals surface area contributed by atoms with E-state index in [1.165, 1.54) is 11.3 Å². The van der Waals surface area contributed by atoms with Crippen molar-refractivity contribution in [1.82, 2.24) is 4.98 Å². The van der Waals surface area contributed by atoms with Crippen LogP contribution in [0.5, 0.6) is 0 Å². The number of aliphatic hydroxyl groups is 1. The monoisotopic (exact) mass is 275 g/mol. The van der Waals surface area contributed by atoms with Gasteiger partial charge in [0.25, 0.3) is 0 Å². The molecule has 1 aromatic heterocycles. The largest absolute Gasteiger partial charge is 0.510 e. The molecule has 1 heterocycles. The topological polar surface area (TPSA) is 59.4 Å². The first-order valence-corrected chi connectivity index (χ1v) is 6.45. The molecule has 1 rings (SSSR count). The van der Waals surface area contributed by atoms with Gasteiger partial charge in [0.2, 0.25) is 0 Å². The Bertz CT molecular complexity index is 440. The van der Waals surface area contributed by atoms with Crippen LogP contribution >= 0.6 is 22.9 Å². The molecule has 0 aliphatic heterocycles. The summed E-state index contributed by atoms with van der Waals surface area (Å²) in [6, 6.07) is 0. The van der Waals surface area contributed by atoms with Crippen molar-refractivity contribution in [3.8, 4) is 0 Å². The molecule has 0 fully saturated rings. The van der Waals surface area contributed by atoms with Gasteiger partial charge < -0.3 is 9.84 Å². The van der Waals surface area contributed by atoms with Gasteiger partial charge in [-0.25, -0.2) is 9.78 Å². The van der Waals surface area contributed by atoms with Gasteiger partial charge in [0, 0.05) is 11.1 Å². The Morgan fingerprint density at radius 2 is 2.35 bits per heavy atom. The molecule has 0 spiro atoms. The third-order valence-corrected chi connectivity index (χ3v) is 3.13. The second kappa shape index (κ2) is 6.02. The van der Waals surface area contributed by atoms with Crippen LogP contribution in [-0.4, -0.2) is 28.0 Å². The first-order chi connectivity index (χ1) is 7.97. The number of aryl methyl sites for hydroxylation is 1. The summed E-state index contributed by atoms with van der Waals surface area (Å²) in [5.41, 5.74) is 0.828. The van der Waals surface area contributed by atoms with E-state index in [0.717, 1.165) is 5.69 Å². The van der Waals surface area contributed by atoms with Gasteiger partial charge in [-0.2, -0.15) is 0 Å². The number of aromatic nitrogens is 1. The van der Waals surface area contributed by atoms with E-state index in [0.29, 0.717) is 5.01 Å². The minimum absolute atomic E-state index is 0.0486. The summed E-state index contributed by atoms with van der Waals surface area (Å²) in [5.74, 6) is -0.814. The second-order valence-electron chi connectivity index (χ2n) is 3.39. The minimum atomic E-state index is -0.668. The Kier molecular flexibility index (Phi) is 4.96. The number of esters is 1. The molecule has 4 nitrogen and oxygen atoms in total. The fraction of sp³-hybridized carbons (Fsp3) is 0.455. The maximum absolute atomic E-state index is 11.8. The molecule has 1 aromatic rings. The molecule has 1 atom stereocenters. The van der Waals surface area contributed by atoms with Crippen LogP contribution in [0.4, 0.5) is 0 Å². The van der Waals surface area contributed by atoms with Crippen molar-refractivity contribution in [2.75, 3.05) is 6.61 Å². The molecule has 0 saturated carbocycles. The van der Waals surface area contributed by atoms with Gasteiger partial charge in [-0.15, -0.1) is 22.9 Å². The molecular formula is C11H14ClNO3S. The number of nitrogens with zero attached hydrogens (tertiary/aromatic N) is 1. The summed E-state index contributed by atoms with van der Waals surface area (Å²) in [6.45, 7) is 5.32. The molecule has 0 saturated heterocycles. The predicted octanol–water partition coefficient (Wildman–Crippen LogP) is 2.91. The average Bonchev–Trinajstić information content (AvgIpc) is 2.65. The van der Waals surface area contributed by atoms with Gasteiger partial charge in [-0.1, -0.05) is 0 Å². The van der Waals surface area contributed by atoms with Gasteiger partial charge in [0.05, 0.1) is 12.0 Å². The van der Waals surface area contributed by atoms with Gasteiger partial charge in [-0.3, -0.25) is 0 Å². The predicted molar refractivity (Wildman–Crippen MR) is 68.3 cm³/mol. The number of ether oxygens (including phenoxy) is 1. The molecule has 94 valence electrons. The Labute approximate surface area is 109 Å². The number of aliphatic hydroxyl groups excluding tert-OH is 1. The zero-order chi connectivity index (χ0) is 13.0. The van der Waals surface area contributed by atoms with Gasteiger partial charge in [-0.05, 0) is 20.8 Å². The van der Waals surface area contributed by atoms with Crippen LogP contribution in [-0.2, 0) is 9.53 Å². The highest BCUT2D eigenvalue weighted by Gasteiger charge is 2.24. The first kappa shape index (κ1) is 14.0. The standard InChI is InChI=1S/C11H14ClNO3S/c1-4-16-11(15)8(9(14)7(3)12)10-13-6(2)5-17-10/h5,7,14H,4H2,1-3H3/b9-8-. The summed E-state index contributed by atoms with van der Waals surface area (Å²) in [4.78, 5) is 15.9. The van der Waals surface area contributed by atoms with Crippen LogP contribution in [0.2, 0.25) is 0 Å². The maximum Gasteiger partial charge on any atom is 0.344 e. The summed E-state index contributed by atoms with van der Waals surface area (Å²) in [6.07, 6.45) is 0. The summed E-state index contributed by atoms with van der Waals surface area (Å²) >= 11 is 7.05. The van der Waals surface area contributed by atoms with E-state index in [-0.39, 0.29) is 17.9 Å². The highest BCUT2D eigenvalue weighted by atomic mass is 35.5. The number of rotatable bonds is 4. The van der Waals surface area contributed by atoms with Crippen molar-refractivity contribution in [1.29, 1.82) is 0 Å². The van der Waals surface area contributed by atoms with Crippen LogP contribution in [0.25, 0.3) is 5.57 Å². The maximum atomic E-state index is 11.8. The first-order valence-electron chi connectivity index (χ1n) is 5.14. The molecule has 1 unspecified atom stereocenters. The Morgan fingerprint density at radius 3 is 2.76 bits per heavy atom. The fourth-order valence-electron chi connectivity index (χ4n) is 1.17. The molecule has 0 amide bonds. The van der Waals surface area contributed by atoms with Crippen LogP contribution < -0.4 is 0 Å². The number of carbonyl (C=O) groups is 1. The van der Waals surface area contributed by atoms with Crippen LogP contribution in [0, 0.1) is 6.92 Å². The van der Waals surface area contributed by atoms with E-state index in [9.17, 15) is 9.90 Å². The van der Waals surface area contributed by atoms with E-state index >= 15 is 0 Å². The lowest BCUT2D eigenvalue weighted by Gasteiger charge is -2.09. The Morgan fingerprint density at radius 1 is 1.71 bits per heavy atom. The average molecular weight is 276 g/mol. The SMILES string of the molecule is CCOC(=O)/C(=C(\O)C(C)Cl)c1nc(C)cs1. The summed E-state index contributed by atoms with van der Waals surface area (Å²) in [7, 11) is 0. The highest BCUT2D eigenvalue weighted by Crippen LogP contribution is 2.26. The van der Waals surface area contributed by atoms with E-state index < -0.39 is 11.3 Å². The quantitative estimate of drug-likeness (QED) is 0.397. The van der Waals surface area contributed by atoms with Crippen molar-refractivity contribution in [2.45, 2.75) is 26.1 Å². The number of halogens is 1. The number of thiazole rings is 1. The number of allylic oxidation sites excluding steroid dienone is 1. The molecule has 0 aliphatic carbocycles. The fourth-order valence-corrected chi connectivity index (χ4v) is 2.12. The minimum Gasteiger partial charge on any atom is -0.510 e. The number of carbonyl (C=O) groups excluding carboxylic acids is 1. The molecular weight excluding hydrogens is 262 g/mol. The van der Waals surface area contributed by atoms with Gasteiger partial charge in [0.1, 0.15) is 16.3 Å². The van der Waals surface area contributed by atoms with Crippen molar-refractivity contribution in [3.63, 3.8) is 0 Å². The van der Waals surface area contributed by atoms with Crippen molar-refractivity contribution < 1.29 is 14.6 Å². The molecule has 0 aromatic carbocycles. The van der Waals surface area contributed by atoms with Crippen LogP contribution in [0.15, 0.2) is 11.1 Å². The second-order valence-corrected chi connectivity index (χ2v) is 4.90. The molecule has 0 radical (unpaired) electrons. The third-order valence-electron chi connectivity index (χ3n) is 1.95. The number of alkyl halides is 1. The Hall–Kier alpha value is -1.07. The lowest BCUT2D eigenvalue weighted by Crippen LogP contribution is -2.12. The molecule has 1 N–H and O–H groups in total. The third kappa shape index (κ3) is 3.44. The summed E-state index contributed by atoms with van der Waals surface area (Å²) < 4.78 is 4.89. The summed E-state index contributed by atoms with van der Waals surface area (Å²) in [5, 5.41) is 11.4. The highest BCUT2D eigenvalue weighted by molar-refractivity contribution is 7.11. The van der Waals surface area contributed by atoms with Crippen molar-refractivity contribution in [3.05, 3.63) is 21.8 Å². The lowest BCUT2D eigenvalue weighted by molar-refractivity contribution is -0.136. The molecule has 17 heavy (non-hydrogen) atoms. The molecule has 0 bridgehead atoms. The van der Waals surface area contributed by atoms with Crippen molar-refractivity contribution >= 4 is 34.5 Å². The van der Waals surface area contributed by atoms with Gasteiger partial charge >= 0.3 is 5.97 Å². The van der Waals surface area contributed by atoms with Gasteiger partial charge in [0.15, 0.2) is 0 Å². The van der Waals surface area contributed by atoms with Crippen LogP contribution in [0.3, 0.4) is 0 Å². The number of hydrogen-bond acceptors (Lipinski definition) is 5. The number of hydrogen-bond donors (Lipinski definition) is 1. The normalized spacial score (nSPS) is 14.1. The zero-order valence-electron chi connectivity index (χ0n) is 9.86. The van der Waals surface area contributed by atoms with E-state index in [1.807, 2.05) is 6.92 Å². The zero-order valence-corrected chi connectivity index (χ0v) is 11.4. The lowest BCUT2D eigenvalue weighted by atomic mass is 10.2. The smallest absolute Gasteiger partial charge is 0.344 e. The van der Waals surface area contributed by atoms with Crippen LogP contribution in [0.1, 0.15) is 24.5 Å². The molecule has 6 heteroatoms. The molecule has 0 aliphatic rings. The Balaban J connectivity index is 3.21. The van der Waals surface area contributed by atoms with E-state index in [1.54, 1.807) is 19.2 Å². The van der Waals surface area contributed by atoms with Crippen molar-refractivity contribution in [2.24, 2.45) is 0 Å². The van der Waals surface area contributed by atoms with E-state index in [4.69, 9.17) is 16.3 Å².